The van der Waals surface area contributed by atoms with E-state index in [1.807, 2.05) is 20.8 Å². The lowest BCUT2D eigenvalue weighted by atomic mass is 10.1. The van der Waals surface area contributed by atoms with Crippen molar-refractivity contribution in [3.8, 4) is 5.75 Å². The average Bonchev–Trinajstić information content (AvgIpc) is 2.49. The molecule has 0 bridgehead atoms. The van der Waals surface area contributed by atoms with Gasteiger partial charge >= 0.3 is 0 Å². The number of amides is 2. The number of nitrogens with zero attached hydrogens (tertiary/aromatic N) is 1. The second-order valence-electron chi connectivity index (χ2n) is 7.08. The van der Waals surface area contributed by atoms with Crippen LogP contribution in [0.15, 0.2) is 24.3 Å². The summed E-state index contributed by atoms with van der Waals surface area (Å²) in [5.41, 5.74) is 0.324. The Labute approximate surface area is 149 Å². The topological polar surface area (TPSA) is 75.7 Å². The fourth-order valence-corrected chi connectivity index (χ4v) is 2.15. The van der Waals surface area contributed by atoms with Crippen molar-refractivity contribution in [2.24, 2.45) is 0 Å². The molecule has 0 aromatic heterocycles. The van der Waals surface area contributed by atoms with Crippen molar-refractivity contribution in [3.63, 3.8) is 0 Å². The van der Waals surface area contributed by atoms with Gasteiger partial charge in [0.05, 0.1) is 13.2 Å². The normalized spacial score (nSPS) is 10.9. The molecule has 0 atom stereocenters. The second-order valence-corrected chi connectivity index (χ2v) is 7.08. The molecule has 1 aromatic rings. The molecule has 0 aliphatic carbocycles. The van der Waals surface area contributed by atoms with Crippen LogP contribution in [0, 0.1) is 0 Å². The van der Waals surface area contributed by atoms with Gasteiger partial charge in [0.25, 0.3) is 0 Å². The van der Waals surface area contributed by atoms with Crippen molar-refractivity contribution in [2.45, 2.75) is 46.1 Å². The molecule has 138 valence electrons. The third-order valence-electron chi connectivity index (χ3n) is 3.39. The van der Waals surface area contributed by atoms with E-state index in [0.29, 0.717) is 30.8 Å². The number of carbonyl (C=O) groups is 3. The van der Waals surface area contributed by atoms with Crippen molar-refractivity contribution >= 4 is 17.6 Å². The van der Waals surface area contributed by atoms with Gasteiger partial charge in [-0.15, -0.1) is 0 Å². The molecule has 1 rings (SSSR count). The number of carbonyl (C=O) groups excluding carboxylic acids is 3. The Kier molecular flexibility index (Phi) is 7.61. The van der Waals surface area contributed by atoms with Crippen LogP contribution in [0.2, 0.25) is 0 Å². The lowest BCUT2D eigenvalue weighted by Gasteiger charge is -2.23. The van der Waals surface area contributed by atoms with E-state index in [9.17, 15) is 14.4 Å². The van der Waals surface area contributed by atoms with Gasteiger partial charge in [0.2, 0.25) is 11.8 Å². The summed E-state index contributed by atoms with van der Waals surface area (Å²) >= 11 is 0. The van der Waals surface area contributed by atoms with Gasteiger partial charge in [0, 0.05) is 24.6 Å². The highest BCUT2D eigenvalue weighted by molar-refractivity contribution is 5.94. The number of nitrogens with one attached hydrogen (secondary N) is 1. The minimum atomic E-state index is -0.313. The molecule has 0 fully saturated rings. The number of benzene rings is 1. The third-order valence-corrected chi connectivity index (χ3v) is 3.39. The van der Waals surface area contributed by atoms with Gasteiger partial charge in [-0.2, -0.15) is 0 Å². The Bertz CT molecular complexity index is 603. The molecule has 2 amide bonds. The van der Waals surface area contributed by atoms with E-state index in [-0.39, 0.29) is 29.7 Å². The smallest absolute Gasteiger partial charge is 0.240 e. The molecule has 1 N–H and O–H groups in total. The first-order chi connectivity index (χ1) is 11.6. The minimum Gasteiger partial charge on any atom is -0.494 e. The number of hydrogen-bond acceptors (Lipinski definition) is 4. The Morgan fingerprint density at radius 3 is 2.24 bits per heavy atom. The summed E-state index contributed by atoms with van der Waals surface area (Å²) in [5.74, 6) is 0.399. The summed E-state index contributed by atoms with van der Waals surface area (Å²) in [7, 11) is 1.62. The number of likely N-dealkylation sites (N-methyl/N-ethyl adjacent to an activating group) is 1. The van der Waals surface area contributed by atoms with Crippen molar-refractivity contribution in [2.75, 3.05) is 20.2 Å². The molecule has 0 heterocycles. The van der Waals surface area contributed by atoms with E-state index in [1.54, 1.807) is 31.3 Å². The van der Waals surface area contributed by atoms with E-state index in [4.69, 9.17) is 4.74 Å². The highest BCUT2D eigenvalue weighted by Crippen LogP contribution is 2.13. The number of Topliss-reactive ketones (excluding diaryl/α,β-unsaturated/α-hetero) is 1. The van der Waals surface area contributed by atoms with Crippen LogP contribution in [-0.4, -0.2) is 48.2 Å². The molecular formula is C19H28N2O4. The molecule has 0 saturated heterocycles. The van der Waals surface area contributed by atoms with E-state index in [2.05, 4.69) is 5.32 Å². The molecule has 0 spiro atoms. The predicted octanol–water partition coefficient (Wildman–Crippen LogP) is 2.42. The van der Waals surface area contributed by atoms with Crippen LogP contribution >= 0.6 is 0 Å². The predicted molar refractivity (Wildman–Crippen MR) is 96.7 cm³/mol. The molecule has 25 heavy (non-hydrogen) atoms. The van der Waals surface area contributed by atoms with Gasteiger partial charge in [0.15, 0.2) is 5.78 Å². The van der Waals surface area contributed by atoms with Crippen LogP contribution in [0.1, 0.15) is 50.9 Å². The van der Waals surface area contributed by atoms with Crippen molar-refractivity contribution < 1.29 is 19.1 Å². The van der Waals surface area contributed by atoms with Crippen LogP contribution in [-0.2, 0) is 9.59 Å². The second kappa shape index (κ2) is 9.20. The molecular weight excluding hydrogens is 320 g/mol. The zero-order valence-corrected chi connectivity index (χ0v) is 15.7. The SMILES string of the molecule is CC(=O)c1ccc(OCCCC(=O)N(C)CC(=O)NC(C)(C)C)cc1. The largest absolute Gasteiger partial charge is 0.494 e. The lowest BCUT2D eigenvalue weighted by molar-refractivity contribution is -0.135. The lowest BCUT2D eigenvalue weighted by Crippen LogP contribution is -2.46. The first-order valence-electron chi connectivity index (χ1n) is 8.37. The van der Waals surface area contributed by atoms with Gasteiger partial charge in [-0.05, 0) is 58.4 Å². The number of rotatable bonds is 8. The molecule has 0 aliphatic rings. The van der Waals surface area contributed by atoms with Gasteiger partial charge in [-0.3, -0.25) is 14.4 Å². The standard InChI is InChI=1S/C19H28N2O4/c1-14(22)15-8-10-16(11-9-15)25-12-6-7-18(24)21(5)13-17(23)20-19(2,3)4/h8-11H,6-7,12-13H2,1-5H3,(H,20,23). The minimum absolute atomic E-state index is 0.00989. The molecule has 6 nitrogen and oxygen atoms in total. The van der Waals surface area contributed by atoms with E-state index in [1.165, 1.54) is 11.8 Å². The molecule has 0 radical (unpaired) electrons. The number of hydrogen-bond donors (Lipinski definition) is 1. The Hall–Kier alpha value is -2.37. The van der Waals surface area contributed by atoms with Crippen molar-refractivity contribution in [3.05, 3.63) is 29.8 Å². The van der Waals surface area contributed by atoms with E-state index < -0.39 is 0 Å². The summed E-state index contributed by atoms with van der Waals surface area (Å²) in [6, 6.07) is 6.90. The maximum absolute atomic E-state index is 12.0. The summed E-state index contributed by atoms with van der Waals surface area (Å²) in [6.07, 6.45) is 0.864. The average molecular weight is 348 g/mol. The fourth-order valence-electron chi connectivity index (χ4n) is 2.15. The summed E-state index contributed by atoms with van der Waals surface area (Å²) in [5, 5.41) is 2.82. The van der Waals surface area contributed by atoms with Crippen LogP contribution < -0.4 is 10.1 Å². The third kappa shape index (κ3) is 8.33. The van der Waals surface area contributed by atoms with Gasteiger partial charge in [0.1, 0.15) is 5.75 Å². The first-order valence-corrected chi connectivity index (χ1v) is 8.37. The van der Waals surface area contributed by atoms with Crippen molar-refractivity contribution in [1.82, 2.24) is 10.2 Å². The summed E-state index contributed by atoms with van der Waals surface area (Å²) in [4.78, 5) is 36.5. The van der Waals surface area contributed by atoms with E-state index in [0.717, 1.165) is 0 Å². The van der Waals surface area contributed by atoms with Crippen LogP contribution in [0.25, 0.3) is 0 Å². The van der Waals surface area contributed by atoms with Crippen molar-refractivity contribution in [1.29, 1.82) is 0 Å². The molecule has 1 aromatic carbocycles. The zero-order valence-electron chi connectivity index (χ0n) is 15.7. The first kappa shape index (κ1) is 20.7. The summed E-state index contributed by atoms with van der Waals surface area (Å²) in [6.45, 7) is 7.64. The monoisotopic (exact) mass is 348 g/mol. The zero-order chi connectivity index (χ0) is 19.0. The van der Waals surface area contributed by atoms with Crippen LogP contribution in [0.3, 0.4) is 0 Å². The molecule has 6 heteroatoms. The Morgan fingerprint density at radius 1 is 1.12 bits per heavy atom. The highest BCUT2D eigenvalue weighted by atomic mass is 16.5. The van der Waals surface area contributed by atoms with Gasteiger partial charge in [-0.25, -0.2) is 0 Å². The number of ether oxygens (including phenoxy) is 1. The quantitative estimate of drug-likeness (QED) is 0.578. The fraction of sp³-hybridized carbons (Fsp3) is 0.526. The Balaban J connectivity index is 2.29. The summed E-state index contributed by atoms with van der Waals surface area (Å²) < 4.78 is 5.56. The maximum atomic E-state index is 12.0. The maximum Gasteiger partial charge on any atom is 0.240 e. The van der Waals surface area contributed by atoms with Gasteiger partial charge < -0.3 is 15.0 Å². The van der Waals surface area contributed by atoms with Crippen LogP contribution in [0.4, 0.5) is 0 Å². The van der Waals surface area contributed by atoms with Crippen LogP contribution in [0.5, 0.6) is 5.75 Å². The Morgan fingerprint density at radius 2 is 1.72 bits per heavy atom. The molecule has 0 unspecified atom stereocenters. The molecule has 0 aliphatic heterocycles. The number of ketones is 1. The van der Waals surface area contributed by atoms with Gasteiger partial charge in [-0.1, -0.05) is 0 Å². The van der Waals surface area contributed by atoms with E-state index >= 15 is 0 Å². The highest BCUT2D eigenvalue weighted by Gasteiger charge is 2.17. The molecule has 0 saturated carbocycles.